The van der Waals surface area contributed by atoms with Gasteiger partial charge in [-0.1, -0.05) is 27.2 Å². The van der Waals surface area contributed by atoms with E-state index in [1.165, 1.54) is 51.7 Å². The van der Waals surface area contributed by atoms with Crippen molar-refractivity contribution in [2.45, 2.75) is 78.8 Å². The lowest BCUT2D eigenvalue weighted by atomic mass is 9.92. The summed E-state index contributed by atoms with van der Waals surface area (Å²) in [5, 5.41) is 3.48. The van der Waals surface area contributed by atoms with Crippen LogP contribution in [0.4, 0.5) is 0 Å². The van der Waals surface area contributed by atoms with Gasteiger partial charge in [0.25, 0.3) is 0 Å². The van der Waals surface area contributed by atoms with Crippen LogP contribution in [-0.2, 0) is 0 Å². The van der Waals surface area contributed by atoms with Crippen LogP contribution in [0.5, 0.6) is 0 Å². The molecule has 0 aromatic carbocycles. The van der Waals surface area contributed by atoms with Gasteiger partial charge in [0.05, 0.1) is 0 Å². The molecule has 2 heteroatoms. The minimum absolute atomic E-state index is 0.684. The average molecular weight is 268 g/mol. The summed E-state index contributed by atoms with van der Waals surface area (Å²) in [5.41, 5.74) is 0. The lowest BCUT2D eigenvalue weighted by Crippen LogP contribution is -2.45. The Balaban J connectivity index is 2.57. The normalized spacial score (nSPS) is 21.0. The molecule has 1 rings (SSSR count). The summed E-state index contributed by atoms with van der Waals surface area (Å²) in [6, 6.07) is 1.47. The third-order valence-electron chi connectivity index (χ3n) is 4.90. The van der Waals surface area contributed by atoms with E-state index in [9.17, 15) is 0 Å². The maximum atomic E-state index is 3.48. The van der Waals surface area contributed by atoms with Crippen molar-refractivity contribution in [3.8, 4) is 0 Å². The van der Waals surface area contributed by atoms with Crippen LogP contribution in [0.1, 0.15) is 66.7 Å². The fourth-order valence-corrected chi connectivity index (χ4v) is 3.31. The molecule has 0 spiro atoms. The molecular formula is C17H36N2. The minimum Gasteiger partial charge on any atom is -0.317 e. The summed E-state index contributed by atoms with van der Waals surface area (Å²) in [6.45, 7) is 15.6. The Morgan fingerprint density at radius 1 is 1.05 bits per heavy atom. The van der Waals surface area contributed by atoms with Crippen LogP contribution >= 0.6 is 0 Å². The van der Waals surface area contributed by atoms with Crippen LogP contribution in [-0.4, -0.2) is 36.6 Å². The SMILES string of the molecule is CCC(C)CC(CC)N(CC1CCNCC1)C(C)C. The molecule has 0 aliphatic carbocycles. The van der Waals surface area contributed by atoms with Crippen molar-refractivity contribution < 1.29 is 0 Å². The molecule has 2 nitrogen and oxygen atoms in total. The van der Waals surface area contributed by atoms with Gasteiger partial charge in [-0.15, -0.1) is 0 Å². The number of rotatable bonds is 8. The van der Waals surface area contributed by atoms with E-state index in [0.717, 1.165) is 17.9 Å². The first kappa shape index (κ1) is 17.0. The minimum atomic E-state index is 0.684. The fraction of sp³-hybridized carbons (Fsp3) is 1.00. The molecule has 2 unspecified atom stereocenters. The Hall–Kier alpha value is -0.0800. The highest BCUT2D eigenvalue weighted by Gasteiger charge is 2.25. The van der Waals surface area contributed by atoms with Gasteiger partial charge in [0, 0.05) is 18.6 Å². The van der Waals surface area contributed by atoms with Crippen molar-refractivity contribution in [3.05, 3.63) is 0 Å². The van der Waals surface area contributed by atoms with Gasteiger partial charge in [-0.05, 0) is 64.5 Å². The first-order chi connectivity index (χ1) is 9.08. The van der Waals surface area contributed by atoms with Gasteiger partial charge in [-0.25, -0.2) is 0 Å². The third kappa shape index (κ3) is 5.83. The molecule has 1 aliphatic heterocycles. The fourth-order valence-electron chi connectivity index (χ4n) is 3.31. The van der Waals surface area contributed by atoms with E-state index >= 15 is 0 Å². The summed E-state index contributed by atoms with van der Waals surface area (Å²) in [4.78, 5) is 2.79. The van der Waals surface area contributed by atoms with Gasteiger partial charge in [0.1, 0.15) is 0 Å². The number of hydrogen-bond acceptors (Lipinski definition) is 2. The van der Waals surface area contributed by atoms with Crippen LogP contribution in [0.15, 0.2) is 0 Å². The first-order valence-corrected chi connectivity index (χ1v) is 8.54. The van der Waals surface area contributed by atoms with Crippen molar-refractivity contribution in [1.82, 2.24) is 10.2 Å². The van der Waals surface area contributed by atoms with Crippen LogP contribution in [0.3, 0.4) is 0 Å². The van der Waals surface area contributed by atoms with Crippen LogP contribution in [0.2, 0.25) is 0 Å². The molecule has 1 aliphatic rings. The van der Waals surface area contributed by atoms with Crippen LogP contribution < -0.4 is 5.32 Å². The molecule has 2 atom stereocenters. The van der Waals surface area contributed by atoms with E-state index in [4.69, 9.17) is 0 Å². The summed E-state index contributed by atoms with van der Waals surface area (Å²) in [6.07, 6.45) is 6.71. The predicted octanol–water partition coefficient (Wildman–Crippen LogP) is 3.91. The average Bonchev–Trinajstić information content (AvgIpc) is 2.43. The lowest BCUT2D eigenvalue weighted by Gasteiger charge is -2.39. The molecule has 0 radical (unpaired) electrons. The molecule has 0 aromatic heterocycles. The van der Waals surface area contributed by atoms with Gasteiger partial charge in [-0.3, -0.25) is 4.90 Å². The van der Waals surface area contributed by atoms with Gasteiger partial charge in [0.15, 0.2) is 0 Å². The van der Waals surface area contributed by atoms with E-state index in [-0.39, 0.29) is 0 Å². The zero-order valence-electron chi connectivity index (χ0n) is 13.9. The third-order valence-corrected chi connectivity index (χ3v) is 4.90. The molecule has 0 aromatic rings. The number of hydrogen-bond donors (Lipinski definition) is 1. The number of nitrogens with zero attached hydrogens (tertiary/aromatic N) is 1. The summed E-state index contributed by atoms with van der Waals surface area (Å²) >= 11 is 0. The van der Waals surface area contributed by atoms with Gasteiger partial charge in [0.2, 0.25) is 0 Å². The second kappa shape index (κ2) is 8.97. The smallest absolute Gasteiger partial charge is 0.00979 e. The molecule has 114 valence electrons. The quantitative estimate of drug-likeness (QED) is 0.718. The summed E-state index contributed by atoms with van der Waals surface area (Å²) in [7, 11) is 0. The molecule has 0 amide bonds. The Bertz CT molecular complexity index is 221. The standard InChI is InChI=1S/C17H36N2/c1-6-15(5)12-17(7-2)19(14(3)4)13-16-8-10-18-11-9-16/h14-18H,6-13H2,1-5H3. The van der Waals surface area contributed by atoms with Crippen LogP contribution in [0, 0.1) is 11.8 Å². The lowest BCUT2D eigenvalue weighted by molar-refractivity contribution is 0.0975. The summed E-state index contributed by atoms with van der Waals surface area (Å²) in [5.74, 6) is 1.77. The highest BCUT2D eigenvalue weighted by Crippen LogP contribution is 2.23. The Labute approximate surface area is 121 Å². The molecule has 0 bridgehead atoms. The van der Waals surface area contributed by atoms with E-state index < -0.39 is 0 Å². The monoisotopic (exact) mass is 268 g/mol. The molecule has 1 saturated heterocycles. The van der Waals surface area contributed by atoms with E-state index in [2.05, 4.69) is 44.8 Å². The van der Waals surface area contributed by atoms with Crippen molar-refractivity contribution >= 4 is 0 Å². The largest absolute Gasteiger partial charge is 0.317 e. The van der Waals surface area contributed by atoms with Crippen LogP contribution in [0.25, 0.3) is 0 Å². The maximum absolute atomic E-state index is 3.48. The maximum Gasteiger partial charge on any atom is 0.00979 e. The molecule has 1 heterocycles. The van der Waals surface area contributed by atoms with Crippen molar-refractivity contribution in [2.75, 3.05) is 19.6 Å². The predicted molar refractivity (Wildman–Crippen MR) is 85.6 cm³/mol. The Morgan fingerprint density at radius 2 is 1.68 bits per heavy atom. The highest BCUT2D eigenvalue weighted by molar-refractivity contribution is 4.80. The number of piperidine rings is 1. The van der Waals surface area contributed by atoms with E-state index in [1.54, 1.807) is 0 Å². The second-order valence-corrected chi connectivity index (χ2v) is 6.80. The second-order valence-electron chi connectivity index (χ2n) is 6.80. The van der Waals surface area contributed by atoms with Gasteiger partial charge >= 0.3 is 0 Å². The molecular weight excluding hydrogens is 232 g/mol. The van der Waals surface area contributed by atoms with E-state index in [0.29, 0.717) is 6.04 Å². The first-order valence-electron chi connectivity index (χ1n) is 8.54. The highest BCUT2D eigenvalue weighted by atomic mass is 15.2. The molecule has 19 heavy (non-hydrogen) atoms. The van der Waals surface area contributed by atoms with Gasteiger partial charge in [-0.2, -0.15) is 0 Å². The molecule has 0 saturated carbocycles. The topological polar surface area (TPSA) is 15.3 Å². The Morgan fingerprint density at radius 3 is 2.16 bits per heavy atom. The van der Waals surface area contributed by atoms with Crippen molar-refractivity contribution in [1.29, 1.82) is 0 Å². The van der Waals surface area contributed by atoms with Gasteiger partial charge < -0.3 is 5.32 Å². The summed E-state index contributed by atoms with van der Waals surface area (Å²) < 4.78 is 0. The zero-order chi connectivity index (χ0) is 14.3. The van der Waals surface area contributed by atoms with Crippen molar-refractivity contribution in [2.24, 2.45) is 11.8 Å². The number of nitrogens with one attached hydrogen (secondary N) is 1. The zero-order valence-corrected chi connectivity index (χ0v) is 13.9. The van der Waals surface area contributed by atoms with Crippen molar-refractivity contribution in [3.63, 3.8) is 0 Å². The molecule has 1 fully saturated rings. The van der Waals surface area contributed by atoms with E-state index in [1.807, 2.05) is 0 Å². The molecule has 1 N–H and O–H groups in total. The Kier molecular flexibility index (Phi) is 8.01.